The summed E-state index contributed by atoms with van der Waals surface area (Å²) in [7, 11) is 0. The van der Waals surface area contributed by atoms with Gasteiger partial charge in [0.15, 0.2) is 0 Å². The number of hydrogen-bond acceptors (Lipinski definition) is 8. The lowest BCUT2D eigenvalue weighted by Crippen LogP contribution is -2.56. The van der Waals surface area contributed by atoms with Crippen molar-refractivity contribution in [2.45, 2.75) is 111 Å². The van der Waals surface area contributed by atoms with Gasteiger partial charge in [0.2, 0.25) is 5.91 Å². The Morgan fingerprint density at radius 1 is 0.925 bits per heavy atom. The van der Waals surface area contributed by atoms with Gasteiger partial charge in [0.05, 0.1) is 5.39 Å². The van der Waals surface area contributed by atoms with Gasteiger partial charge in [-0.3, -0.25) is 15.0 Å². The van der Waals surface area contributed by atoms with Crippen LogP contribution in [0.4, 0.5) is 15.4 Å². The fourth-order valence-corrected chi connectivity index (χ4v) is 6.52. The molecule has 12 nitrogen and oxygen atoms in total. The molecular weight excluding hydrogens is 672 g/mol. The summed E-state index contributed by atoms with van der Waals surface area (Å²) in [5.74, 6) is 1.63. The topological polar surface area (TPSA) is 128 Å². The number of piperazine rings is 1. The van der Waals surface area contributed by atoms with Crippen molar-refractivity contribution in [2.75, 3.05) is 25.0 Å². The van der Waals surface area contributed by atoms with Crippen LogP contribution in [0.5, 0.6) is 5.75 Å². The van der Waals surface area contributed by atoms with Crippen molar-refractivity contribution in [1.29, 1.82) is 0 Å². The van der Waals surface area contributed by atoms with Crippen LogP contribution in [-0.4, -0.2) is 79.3 Å². The van der Waals surface area contributed by atoms with Crippen molar-refractivity contribution in [2.24, 2.45) is 0 Å². The molecule has 0 bridgehead atoms. The van der Waals surface area contributed by atoms with Crippen molar-refractivity contribution < 1.29 is 28.6 Å². The van der Waals surface area contributed by atoms with E-state index in [1.807, 2.05) is 104 Å². The molecule has 2 aromatic heterocycles. The zero-order chi connectivity index (χ0) is 38.9. The van der Waals surface area contributed by atoms with Crippen LogP contribution in [0.3, 0.4) is 0 Å². The van der Waals surface area contributed by atoms with E-state index >= 15 is 0 Å². The number of carbonyl (C=O) groups excluding carboxylic acids is 3. The molecule has 3 amide bonds. The fourth-order valence-electron chi connectivity index (χ4n) is 6.52. The van der Waals surface area contributed by atoms with Crippen LogP contribution >= 0.6 is 0 Å². The standard InChI is InChI=1S/C39H50N6O6.C2H6/c1-9-11-29(12-10-2)49-30-19-13-26(14-20-30)31-23-45(35-33(31)34(40-25-41-35)42-36(47)50-38(3,4)5)28-17-15-27(16-18-28)44-22-21-43(24-32(44)46)37(48)51-39(6,7)8;1-2/h9-14,19-20,23,25,27-28H,1,15-18,21-22,24H2,2-8H3,(H,40,41,42,47);1-2H3/b12-10-,29-11+;. The molecule has 1 aliphatic heterocycles. The molecule has 3 aromatic rings. The number of aromatic nitrogens is 3. The lowest BCUT2D eigenvalue weighted by Gasteiger charge is -2.42. The summed E-state index contributed by atoms with van der Waals surface area (Å²) >= 11 is 0. The van der Waals surface area contributed by atoms with Crippen LogP contribution in [-0.2, 0) is 14.3 Å². The first-order valence-corrected chi connectivity index (χ1v) is 18.5. The highest BCUT2D eigenvalue weighted by atomic mass is 16.6. The molecule has 0 spiro atoms. The monoisotopic (exact) mass is 728 g/mol. The highest BCUT2D eigenvalue weighted by Crippen LogP contribution is 2.40. The van der Waals surface area contributed by atoms with Gasteiger partial charge in [-0.05, 0) is 104 Å². The van der Waals surface area contributed by atoms with E-state index in [9.17, 15) is 14.4 Å². The van der Waals surface area contributed by atoms with Gasteiger partial charge in [0.1, 0.15) is 47.0 Å². The van der Waals surface area contributed by atoms with Crippen LogP contribution in [0, 0.1) is 0 Å². The van der Waals surface area contributed by atoms with E-state index in [1.54, 1.807) is 12.2 Å². The van der Waals surface area contributed by atoms with Gasteiger partial charge in [-0.2, -0.15) is 0 Å². The number of ether oxygens (including phenoxy) is 3. The number of nitrogens with one attached hydrogen (secondary N) is 1. The molecule has 1 N–H and O–H groups in total. The van der Waals surface area contributed by atoms with E-state index in [2.05, 4.69) is 27.6 Å². The summed E-state index contributed by atoms with van der Waals surface area (Å²) in [6, 6.07) is 7.93. The zero-order valence-electron chi connectivity index (χ0n) is 32.8. The fraction of sp³-hybridized carbons (Fsp3) is 0.488. The molecular formula is C41H56N6O6. The van der Waals surface area contributed by atoms with Gasteiger partial charge >= 0.3 is 12.2 Å². The Labute approximate surface area is 313 Å². The number of allylic oxidation sites excluding steroid dienone is 4. The Balaban J connectivity index is 0.00000308. The van der Waals surface area contributed by atoms with Gasteiger partial charge in [-0.25, -0.2) is 19.6 Å². The SMILES string of the molecule is C=C/C=C(\C=C/C)Oc1ccc(-c2cn(C3CCC(N4CCN(C(=O)OC(C)(C)C)CC4=O)CC3)c3ncnc(NC(=O)OC(C)(C)C)c23)cc1.CC. The molecule has 0 atom stereocenters. The third-order valence-corrected chi connectivity index (χ3v) is 8.65. The lowest BCUT2D eigenvalue weighted by atomic mass is 9.89. The molecule has 0 radical (unpaired) electrons. The Morgan fingerprint density at radius 2 is 1.57 bits per heavy atom. The lowest BCUT2D eigenvalue weighted by molar-refractivity contribution is -0.139. The Hall–Kier alpha value is -5.13. The Bertz CT molecular complexity index is 1810. The number of rotatable bonds is 8. The van der Waals surface area contributed by atoms with Gasteiger partial charge in [0, 0.05) is 36.9 Å². The van der Waals surface area contributed by atoms with Crippen molar-refractivity contribution in [1.82, 2.24) is 24.3 Å². The number of fused-ring (bicyclic) bond motifs is 1. The first-order chi connectivity index (χ1) is 25.2. The maximum absolute atomic E-state index is 13.2. The van der Waals surface area contributed by atoms with E-state index in [0.29, 0.717) is 41.4 Å². The summed E-state index contributed by atoms with van der Waals surface area (Å²) in [6.07, 6.45) is 13.0. The number of anilines is 1. The third kappa shape index (κ3) is 10.7. The smallest absolute Gasteiger partial charge is 0.413 e. The Kier molecular flexibility index (Phi) is 13.5. The highest BCUT2D eigenvalue weighted by Gasteiger charge is 2.36. The molecule has 1 aliphatic carbocycles. The average molecular weight is 729 g/mol. The van der Waals surface area contributed by atoms with Crippen LogP contribution in [0.25, 0.3) is 22.2 Å². The number of hydrogen-bond donors (Lipinski definition) is 1. The zero-order valence-corrected chi connectivity index (χ0v) is 32.8. The van der Waals surface area contributed by atoms with E-state index in [4.69, 9.17) is 19.2 Å². The molecule has 1 saturated carbocycles. The normalized spacial score (nSPS) is 18.4. The van der Waals surface area contributed by atoms with Crippen LogP contribution in [0.15, 0.2) is 73.4 Å². The molecule has 2 aliphatic rings. The minimum Gasteiger partial charge on any atom is -0.457 e. The molecule has 12 heteroatoms. The predicted octanol–water partition coefficient (Wildman–Crippen LogP) is 9.06. The molecule has 0 unspecified atom stereocenters. The quantitative estimate of drug-likeness (QED) is 0.180. The van der Waals surface area contributed by atoms with Gasteiger partial charge in [-0.15, -0.1) is 0 Å². The van der Waals surface area contributed by atoms with Crippen molar-refractivity contribution >= 4 is 34.9 Å². The van der Waals surface area contributed by atoms with E-state index in [-0.39, 0.29) is 24.5 Å². The molecule has 5 rings (SSSR count). The van der Waals surface area contributed by atoms with Gasteiger partial charge in [-0.1, -0.05) is 44.7 Å². The summed E-state index contributed by atoms with van der Waals surface area (Å²) in [6.45, 7) is 21.5. The second kappa shape index (κ2) is 17.6. The predicted molar refractivity (Wildman–Crippen MR) is 209 cm³/mol. The number of benzene rings is 1. The summed E-state index contributed by atoms with van der Waals surface area (Å²) in [4.78, 5) is 51.3. The second-order valence-electron chi connectivity index (χ2n) is 14.9. The van der Waals surface area contributed by atoms with Crippen LogP contribution < -0.4 is 10.1 Å². The molecule has 1 saturated heterocycles. The minimum absolute atomic E-state index is 0.0236. The van der Waals surface area contributed by atoms with Crippen LogP contribution in [0.2, 0.25) is 0 Å². The maximum Gasteiger partial charge on any atom is 0.413 e. The molecule has 1 aromatic carbocycles. The van der Waals surface area contributed by atoms with Gasteiger partial charge in [0.25, 0.3) is 0 Å². The summed E-state index contributed by atoms with van der Waals surface area (Å²) in [5.41, 5.74) is 1.15. The molecule has 53 heavy (non-hydrogen) atoms. The number of nitrogens with zero attached hydrogens (tertiary/aromatic N) is 5. The molecule has 3 heterocycles. The molecule has 2 fully saturated rings. The van der Waals surface area contributed by atoms with Gasteiger partial charge < -0.3 is 23.7 Å². The first kappa shape index (κ1) is 40.6. The van der Waals surface area contributed by atoms with E-state index in [0.717, 1.165) is 36.8 Å². The Morgan fingerprint density at radius 3 is 2.15 bits per heavy atom. The number of amides is 3. The number of carbonyl (C=O) groups is 3. The maximum atomic E-state index is 13.2. The first-order valence-electron chi connectivity index (χ1n) is 18.5. The van der Waals surface area contributed by atoms with Crippen molar-refractivity contribution in [3.05, 3.63) is 73.4 Å². The largest absolute Gasteiger partial charge is 0.457 e. The second-order valence-corrected chi connectivity index (χ2v) is 14.9. The van der Waals surface area contributed by atoms with Crippen molar-refractivity contribution in [3.63, 3.8) is 0 Å². The van der Waals surface area contributed by atoms with E-state index < -0.39 is 23.4 Å². The molecule has 286 valence electrons. The highest BCUT2D eigenvalue weighted by molar-refractivity contribution is 6.05. The summed E-state index contributed by atoms with van der Waals surface area (Å²) in [5, 5.41) is 3.56. The summed E-state index contributed by atoms with van der Waals surface area (Å²) < 4.78 is 19.3. The average Bonchev–Trinajstić information content (AvgIpc) is 3.49. The van der Waals surface area contributed by atoms with Crippen molar-refractivity contribution in [3.8, 4) is 16.9 Å². The minimum atomic E-state index is -0.685. The van der Waals surface area contributed by atoms with Crippen LogP contribution in [0.1, 0.15) is 94.0 Å². The van der Waals surface area contributed by atoms with E-state index in [1.165, 1.54) is 11.2 Å². The third-order valence-electron chi connectivity index (χ3n) is 8.65.